The highest BCUT2D eigenvalue weighted by Crippen LogP contribution is 2.11. The molecule has 0 unspecified atom stereocenters. The van der Waals surface area contributed by atoms with Gasteiger partial charge in [0.05, 0.1) is 25.5 Å². The summed E-state index contributed by atoms with van der Waals surface area (Å²) in [6.45, 7) is 5.48. The molecule has 0 atom stereocenters. The second-order valence-corrected chi connectivity index (χ2v) is 6.93. The lowest BCUT2D eigenvalue weighted by molar-refractivity contribution is 0.0300. The number of hydrogen-bond donors (Lipinski definition) is 2. The van der Waals surface area contributed by atoms with E-state index in [0.29, 0.717) is 56.5 Å². The number of amides is 2. The van der Waals surface area contributed by atoms with E-state index in [1.165, 1.54) is 0 Å². The Morgan fingerprint density at radius 1 is 1.13 bits per heavy atom. The minimum absolute atomic E-state index is 0.0116. The van der Waals surface area contributed by atoms with Gasteiger partial charge in [0, 0.05) is 38.6 Å². The first-order valence-corrected chi connectivity index (χ1v) is 10.5. The van der Waals surface area contributed by atoms with Gasteiger partial charge in [0.2, 0.25) is 0 Å². The van der Waals surface area contributed by atoms with Crippen molar-refractivity contribution in [2.24, 2.45) is 0 Å². The van der Waals surface area contributed by atoms with E-state index in [0.717, 1.165) is 12.8 Å². The van der Waals surface area contributed by atoms with Crippen LogP contribution in [0.1, 0.15) is 40.7 Å². The second kappa shape index (κ2) is 13.3. The number of aromatic nitrogens is 2. The molecule has 31 heavy (non-hydrogen) atoms. The van der Waals surface area contributed by atoms with Gasteiger partial charge in [-0.15, -0.1) is 0 Å². The van der Waals surface area contributed by atoms with Crippen molar-refractivity contribution in [2.45, 2.75) is 19.8 Å². The van der Waals surface area contributed by atoms with Crippen LogP contribution in [0.5, 0.6) is 0 Å². The molecule has 0 bridgehead atoms. The Balaban J connectivity index is 0.000000220. The van der Waals surface area contributed by atoms with E-state index in [1.807, 2.05) is 0 Å². The van der Waals surface area contributed by atoms with Crippen LogP contribution < -0.4 is 5.73 Å². The highest BCUT2D eigenvalue weighted by molar-refractivity contribution is 5.97. The number of carbonyl (C=O) groups is 2. The van der Waals surface area contributed by atoms with E-state index in [1.54, 1.807) is 52.5 Å². The number of rotatable bonds is 7. The van der Waals surface area contributed by atoms with Gasteiger partial charge >= 0.3 is 0 Å². The van der Waals surface area contributed by atoms with E-state index in [2.05, 4.69) is 16.9 Å². The summed E-state index contributed by atoms with van der Waals surface area (Å²) in [5, 5.41) is 8.92. The minimum Gasteiger partial charge on any atom is -0.397 e. The fraction of sp³-hybridized carbons (Fsp3) is 0.455. The molecule has 9 heteroatoms. The first-order chi connectivity index (χ1) is 15.1. The Morgan fingerprint density at radius 2 is 1.87 bits per heavy atom. The van der Waals surface area contributed by atoms with Crippen molar-refractivity contribution in [3.8, 4) is 0 Å². The summed E-state index contributed by atoms with van der Waals surface area (Å²) >= 11 is 0. The maximum atomic E-state index is 12.0. The lowest BCUT2D eigenvalue weighted by Gasteiger charge is -2.26. The molecule has 0 aromatic carbocycles. The Bertz CT molecular complexity index is 813. The number of nitrogens with two attached hydrogens (primary N) is 1. The molecule has 2 aromatic heterocycles. The molecule has 3 rings (SSSR count). The van der Waals surface area contributed by atoms with Gasteiger partial charge in [-0.05, 0) is 30.7 Å². The molecule has 0 saturated carbocycles. The number of nitrogens with zero attached hydrogens (tertiary/aromatic N) is 4. The first-order valence-electron chi connectivity index (χ1n) is 10.5. The number of unbranched alkanes of at least 4 members (excludes halogenated alkanes) is 1. The lowest BCUT2D eigenvalue weighted by atomic mass is 10.2. The number of morpholine rings is 1. The molecular weight excluding hydrogens is 398 g/mol. The summed E-state index contributed by atoms with van der Waals surface area (Å²) in [7, 11) is 0. The average Bonchev–Trinajstić information content (AvgIpc) is 2.83. The Labute approximate surface area is 182 Å². The van der Waals surface area contributed by atoms with Crippen LogP contribution in [-0.2, 0) is 4.74 Å². The molecule has 0 spiro atoms. The zero-order valence-electron chi connectivity index (χ0n) is 17.9. The number of anilines is 1. The van der Waals surface area contributed by atoms with Crippen LogP contribution in [0, 0.1) is 0 Å². The van der Waals surface area contributed by atoms with Gasteiger partial charge in [0.15, 0.2) is 5.69 Å². The third kappa shape index (κ3) is 7.62. The highest BCUT2D eigenvalue weighted by atomic mass is 16.5. The molecule has 2 aromatic rings. The topological polar surface area (TPSA) is 122 Å². The Morgan fingerprint density at radius 3 is 2.48 bits per heavy atom. The van der Waals surface area contributed by atoms with Crippen LogP contribution in [0.4, 0.5) is 5.69 Å². The predicted octanol–water partition coefficient (Wildman–Crippen LogP) is 1.45. The van der Waals surface area contributed by atoms with E-state index in [-0.39, 0.29) is 18.4 Å². The van der Waals surface area contributed by atoms with Crippen LogP contribution in [0.25, 0.3) is 0 Å². The van der Waals surface area contributed by atoms with Crippen molar-refractivity contribution in [3.63, 3.8) is 0 Å². The van der Waals surface area contributed by atoms with Gasteiger partial charge in [-0.2, -0.15) is 0 Å². The van der Waals surface area contributed by atoms with Crippen LogP contribution in [0.3, 0.4) is 0 Å². The smallest absolute Gasteiger partial charge is 0.274 e. The number of aliphatic hydroxyl groups is 1. The molecule has 1 aliphatic rings. The standard InChI is InChI=1S/C12H18N2O2.C10H13N3O2/c1-2-3-8-14(9-10-15)12(16)11-6-4-5-7-13-11;11-8-2-1-3-12-9(8)10(14)13-4-6-15-7-5-13/h4-7,15H,2-3,8-10H2,1H3;1-3H,4-7,11H2. The van der Waals surface area contributed by atoms with Gasteiger partial charge in [-0.1, -0.05) is 19.4 Å². The molecule has 1 fully saturated rings. The van der Waals surface area contributed by atoms with Crippen LogP contribution in [0.2, 0.25) is 0 Å². The second-order valence-electron chi connectivity index (χ2n) is 6.93. The predicted molar refractivity (Wildman–Crippen MR) is 118 cm³/mol. The molecule has 3 heterocycles. The minimum atomic E-state index is -0.114. The fourth-order valence-electron chi connectivity index (χ4n) is 2.95. The van der Waals surface area contributed by atoms with Gasteiger partial charge in [-0.3, -0.25) is 14.6 Å². The molecule has 3 N–H and O–H groups in total. The van der Waals surface area contributed by atoms with Crippen LogP contribution in [-0.4, -0.2) is 82.7 Å². The molecular formula is C22H31N5O4. The Kier molecular flexibility index (Phi) is 10.4. The van der Waals surface area contributed by atoms with Crippen molar-refractivity contribution in [1.82, 2.24) is 19.8 Å². The molecule has 0 radical (unpaired) electrons. The summed E-state index contributed by atoms with van der Waals surface area (Å²) in [6.07, 6.45) is 5.14. The van der Waals surface area contributed by atoms with Crippen LogP contribution >= 0.6 is 0 Å². The summed E-state index contributed by atoms with van der Waals surface area (Å²) in [5.41, 5.74) is 6.88. The van der Waals surface area contributed by atoms with E-state index in [4.69, 9.17) is 15.6 Å². The quantitative estimate of drug-likeness (QED) is 0.683. The van der Waals surface area contributed by atoms with Gasteiger partial charge in [0.25, 0.3) is 11.8 Å². The number of aliphatic hydroxyl groups excluding tert-OH is 1. The first kappa shape index (κ1) is 24.2. The number of pyridine rings is 2. The maximum Gasteiger partial charge on any atom is 0.274 e. The fourth-order valence-corrected chi connectivity index (χ4v) is 2.95. The molecule has 168 valence electrons. The monoisotopic (exact) mass is 429 g/mol. The third-order valence-corrected chi connectivity index (χ3v) is 4.66. The van der Waals surface area contributed by atoms with Gasteiger partial charge in [0.1, 0.15) is 5.69 Å². The van der Waals surface area contributed by atoms with E-state index < -0.39 is 0 Å². The van der Waals surface area contributed by atoms with Crippen molar-refractivity contribution < 1.29 is 19.4 Å². The summed E-state index contributed by atoms with van der Waals surface area (Å²) < 4.78 is 5.17. The lowest BCUT2D eigenvalue weighted by Crippen LogP contribution is -2.41. The molecule has 2 amide bonds. The average molecular weight is 430 g/mol. The third-order valence-electron chi connectivity index (χ3n) is 4.66. The van der Waals surface area contributed by atoms with Crippen molar-refractivity contribution in [1.29, 1.82) is 0 Å². The van der Waals surface area contributed by atoms with Crippen LogP contribution in [0.15, 0.2) is 42.7 Å². The summed E-state index contributed by atoms with van der Waals surface area (Å²) in [5.74, 6) is -0.223. The summed E-state index contributed by atoms with van der Waals surface area (Å²) in [6, 6.07) is 8.65. The molecule has 1 aliphatic heterocycles. The SMILES string of the molecule is CCCCN(CCO)C(=O)c1ccccn1.Nc1cccnc1C(=O)N1CCOCC1. The molecule has 9 nitrogen and oxygen atoms in total. The zero-order chi connectivity index (χ0) is 22.5. The summed E-state index contributed by atoms with van der Waals surface area (Å²) in [4.78, 5) is 35.3. The highest BCUT2D eigenvalue weighted by Gasteiger charge is 2.21. The number of nitrogen functional groups attached to an aromatic ring is 1. The van der Waals surface area contributed by atoms with Crippen molar-refractivity contribution >= 4 is 17.5 Å². The molecule has 0 aliphatic carbocycles. The van der Waals surface area contributed by atoms with E-state index in [9.17, 15) is 9.59 Å². The number of hydrogen-bond acceptors (Lipinski definition) is 7. The van der Waals surface area contributed by atoms with Gasteiger partial charge in [-0.25, -0.2) is 4.98 Å². The maximum absolute atomic E-state index is 12.0. The van der Waals surface area contributed by atoms with Gasteiger partial charge < -0.3 is 25.4 Å². The van der Waals surface area contributed by atoms with Crippen molar-refractivity contribution in [3.05, 3.63) is 54.1 Å². The number of carbonyl (C=O) groups excluding carboxylic acids is 2. The normalized spacial score (nSPS) is 13.2. The Hall–Kier alpha value is -3.04. The van der Waals surface area contributed by atoms with Crippen molar-refractivity contribution in [2.75, 3.05) is 51.7 Å². The molecule has 1 saturated heterocycles. The number of ether oxygens (including phenoxy) is 1. The van der Waals surface area contributed by atoms with E-state index >= 15 is 0 Å². The largest absolute Gasteiger partial charge is 0.397 e. The zero-order valence-corrected chi connectivity index (χ0v) is 17.9.